The Kier molecular flexibility index (Phi) is 6.05. The number of nitrogens with one attached hydrogen (secondary N) is 1. The molecular weight excluding hydrogens is 310 g/mol. The third-order valence-electron chi connectivity index (χ3n) is 3.47. The second kappa shape index (κ2) is 7.21. The van der Waals surface area contributed by atoms with Gasteiger partial charge in [-0.25, -0.2) is 4.79 Å². The number of aliphatic hydroxyl groups excluding tert-OH is 2. The minimum atomic E-state index is -2.66. The van der Waals surface area contributed by atoms with Crippen LogP contribution in [0, 0.1) is 0 Å². The highest BCUT2D eigenvalue weighted by molar-refractivity contribution is 5.78. The number of carboxylic acids is 1. The Morgan fingerprint density at radius 3 is 2.39 bits per heavy atom. The summed E-state index contributed by atoms with van der Waals surface area (Å²) in [4.78, 5) is 26.5. The monoisotopic (exact) mass is 333 g/mol. The van der Waals surface area contributed by atoms with E-state index >= 15 is 0 Å². The molecule has 1 fully saturated rings. The average molecular weight is 333 g/mol. The van der Waals surface area contributed by atoms with Gasteiger partial charge >= 0.3 is 5.97 Å². The van der Waals surface area contributed by atoms with Crippen molar-refractivity contribution in [3.05, 3.63) is 0 Å². The van der Waals surface area contributed by atoms with Gasteiger partial charge in [0, 0.05) is 13.3 Å². The van der Waals surface area contributed by atoms with Crippen LogP contribution in [-0.2, 0) is 14.3 Å². The van der Waals surface area contributed by atoms with Crippen molar-refractivity contribution in [2.24, 2.45) is 10.7 Å². The van der Waals surface area contributed by atoms with Crippen molar-refractivity contribution in [1.29, 1.82) is 0 Å². The minimum Gasteiger partial charge on any atom is -0.477 e. The summed E-state index contributed by atoms with van der Waals surface area (Å²) in [6, 6.07) is -2.17. The molecule has 7 N–H and O–H groups in total. The lowest BCUT2D eigenvalue weighted by Crippen LogP contribution is -2.66. The molecule has 0 saturated carbocycles. The van der Waals surface area contributed by atoms with E-state index in [0.717, 1.165) is 0 Å². The quantitative estimate of drug-likeness (QED) is 0.237. The molecule has 1 rings (SSSR count). The average Bonchev–Trinajstić information content (AvgIpc) is 2.38. The van der Waals surface area contributed by atoms with Crippen LogP contribution in [0.3, 0.4) is 0 Å². The summed E-state index contributed by atoms with van der Waals surface area (Å²) in [5.41, 5.74) is 5.50. The Labute approximate surface area is 133 Å². The predicted octanol–water partition coefficient (Wildman–Crippen LogP) is -2.46. The number of amidine groups is 1. The van der Waals surface area contributed by atoms with Crippen molar-refractivity contribution in [2.75, 3.05) is 0 Å². The molecule has 10 heteroatoms. The highest BCUT2D eigenvalue weighted by Crippen LogP contribution is 2.31. The first-order chi connectivity index (χ1) is 10.5. The first kappa shape index (κ1) is 19.3. The van der Waals surface area contributed by atoms with Crippen molar-refractivity contribution in [1.82, 2.24) is 5.32 Å². The fourth-order valence-corrected chi connectivity index (χ4v) is 2.50. The number of aliphatic carboxylic acids is 1. The first-order valence-corrected chi connectivity index (χ1v) is 7.04. The van der Waals surface area contributed by atoms with E-state index < -0.39 is 54.5 Å². The summed E-state index contributed by atoms with van der Waals surface area (Å²) < 4.78 is 5.20. The molecule has 0 aliphatic carbocycles. The van der Waals surface area contributed by atoms with Gasteiger partial charge in [0.2, 0.25) is 5.91 Å². The number of hydrogen-bond donors (Lipinski definition) is 6. The van der Waals surface area contributed by atoms with Crippen molar-refractivity contribution in [3.63, 3.8) is 0 Å². The number of hydrogen-bond acceptors (Lipinski definition) is 7. The molecule has 0 radical (unpaired) electrons. The number of rotatable bonds is 5. The van der Waals surface area contributed by atoms with Gasteiger partial charge in [0.1, 0.15) is 12.1 Å². The second-order valence-electron chi connectivity index (χ2n) is 5.67. The van der Waals surface area contributed by atoms with Crippen LogP contribution in [0.2, 0.25) is 0 Å². The van der Waals surface area contributed by atoms with Gasteiger partial charge in [0.15, 0.2) is 0 Å². The molecule has 0 unspecified atom stereocenters. The van der Waals surface area contributed by atoms with Gasteiger partial charge in [-0.15, -0.1) is 0 Å². The maximum absolute atomic E-state index is 11.3. The van der Waals surface area contributed by atoms with Crippen molar-refractivity contribution < 1.29 is 34.8 Å². The van der Waals surface area contributed by atoms with E-state index in [1.165, 1.54) is 20.8 Å². The van der Waals surface area contributed by atoms with E-state index in [-0.39, 0.29) is 5.84 Å². The molecule has 1 aliphatic heterocycles. The highest BCUT2D eigenvalue weighted by atomic mass is 16.7. The van der Waals surface area contributed by atoms with Crippen molar-refractivity contribution >= 4 is 17.7 Å². The van der Waals surface area contributed by atoms with Crippen LogP contribution >= 0.6 is 0 Å². The van der Waals surface area contributed by atoms with Gasteiger partial charge in [-0.1, -0.05) is 0 Å². The van der Waals surface area contributed by atoms with Crippen LogP contribution in [-0.4, -0.2) is 74.3 Å². The van der Waals surface area contributed by atoms with Crippen LogP contribution in [0.4, 0.5) is 0 Å². The number of carbonyl (C=O) groups is 2. The zero-order valence-corrected chi connectivity index (χ0v) is 13.1. The molecule has 0 aromatic heterocycles. The van der Waals surface area contributed by atoms with E-state index in [2.05, 4.69) is 10.3 Å². The van der Waals surface area contributed by atoms with Crippen LogP contribution in [0.1, 0.15) is 27.2 Å². The molecule has 0 aromatic rings. The molecule has 1 heterocycles. The molecule has 23 heavy (non-hydrogen) atoms. The Morgan fingerprint density at radius 2 is 2.00 bits per heavy atom. The third kappa shape index (κ3) is 4.61. The number of amides is 1. The molecule has 1 saturated heterocycles. The molecule has 132 valence electrons. The smallest absolute Gasteiger partial charge is 0.364 e. The van der Waals surface area contributed by atoms with Gasteiger partial charge < -0.3 is 36.2 Å². The summed E-state index contributed by atoms with van der Waals surface area (Å²) in [7, 11) is 0. The van der Waals surface area contributed by atoms with Gasteiger partial charge in [0.05, 0.1) is 24.1 Å². The van der Waals surface area contributed by atoms with Gasteiger partial charge in [0.25, 0.3) is 5.79 Å². The minimum absolute atomic E-state index is 0.0833. The number of carbonyl (C=O) groups excluding carboxylic acids is 1. The van der Waals surface area contributed by atoms with Crippen molar-refractivity contribution in [3.8, 4) is 0 Å². The zero-order valence-electron chi connectivity index (χ0n) is 13.1. The summed E-state index contributed by atoms with van der Waals surface area (Å²) in [6.45, 7) is 4.02. The van der Waals surface area contributed by atoms with Crippen LogP contribution in [0.15, 0.2) is 4.99 Å². The van der Waals surface area contributed by atoms with Gasteiger partial charge in [-0.3, -0.25) is 9.79 Å². The number of nitrogens with two attached hydrogens (primary N) is 1. The van der Waals surface area contributed by atoms with E-state index in [1.807, 2.05) is 0 Å². The molecule has 1 aliphatic rings. The Bertz CT molecular complexity index is 492. The number of carboxylic acid groups (broad SMARTS) is 1. The number of aliphatic hydroxyl groups is 3. The van der Waals surface area contributed by atoms with E-state index in [0.29, 0.717) is 0 Å². The topological polar surface area (TPSA) is 175 Å². The normalized spacial score (nSPS) is 34.5. The van der Waals surface area contributed by atoms with Crippen LogP contribution < -0.4 is 11.1 Å². The molecule has 1 amide bonds. The van der Waals surface area contributed by atoms with Crippen LogP contribution in [0.5, 0.6) is 0 Å². The maximum atomic E-state index is 11.3. The maximum Gasteiger partial charge on any atom is 0.364 e. The Morgan fingerprint density at radius 1 is 1.43 bits per heavy atom. The van der Waals surface area contributed by atoms with Gasteiger partial charge in [-0.05, 0) is 13.8 Å². The third-order valence-corrected chi connectivity index (χ3v) is 3.47. The SMILES string of the molecule is CC(=O)N[C@@H]1[C@H]([C@@H](N=C(C)N)[C@H](C)O)O[C@](O)(C(=O)O)C[C@@H]1O. The second-order valence-corrected chi connectivity index (χ2v) is 5.67. The van der Waals surface area contributed by atoms with Crippen molar-refractivity contribution in [2.45, 2.75) is 63.4 Å². The lowest BCUT2D eigenvalue weighted by molar-refractivity contribution is -0.281. The lowest BCUT2D eigenvalue weighted by atomic mass is 9.87. The van der Waals surface area contributed by atoms with Crippen LogP contribution in [0.25, 0.3) is 0 Å². The highest BCUT2D eigenvalue weighted by Gasteiger charge is 2.53. The Balaban J connectivity index is 3.27. The molecule has 0 spiro atoms. The predicted molar refractivity (Wildman–Crippen MR) is 78.5 cm³/mol. The summed E-state index contributed by atoms with van der Waals surface area (Å²) in [6.07, 6.45) is -4.52. The molecule has 0 aromatic carbocycles. The molecule has 10 nitrogen and oxygen atoms in total. The van der Waals surface area contributed by atoms with Gasteiger partial charge in [-0.2, -0.15) is 0 Å². The zero-order chi connectivity index (χ0) is 17.9. The van der Waals surface area contributed by atoms with E-state index in [9.17, 15) is 24.9 Å². The van der Waals surface area contributed by atoms with E-state index in [4.69, 9.17) is 15.6 Å². The fourth-order valence-electron chi connectivity index (χ4n) is 2.50. The molecular formula is C13H23N3O7. The molecule has 0 bridgehead atoms. The largest absolute Gasteiger partial charge is 0.477 e. The standard InChI is InChI=1S/C13H23N3O7/c1-5(17)9(15-6(2)14)11-10(16-7(3)18)8(19)4-13(22,23-11)12(20)21/h5,8-11,17,19,22H,4H2,1-3H3,(H2,14,15)(H,16,18)(H,20,21)/t5-,8-,9-,10-,11-,13-/m0/s1. The number of ether oxygens (including phenoxy) is 1. The summed E-state index contributed by atoms with van der Waals surface area (Å²) in [5.74, 6) is -4.77. The lowest BCUT2D eigenvalue weighted by Gasteiger charge is -2.44. The Hall–Kier alpha value is -1.75. The summed E-state index contributed by atoms with van der Waals surface area (Å²) in [5, 5.41) is 41.6. The number of nitrogens with zero attached hydrogens (tertiary/aromatic N) is 1. The van der Waals surface area contributed by atoms with E-state index in [1.54, 1.807) is 0 Å². The first-order valence-electron chi connectivity index (χ1n) is 7.04. The molecule has 6 atom stereocenters. The fraction of sp³-hybridized carbons (Fsp3) is 0.769. The number of aliphatic imine (C=N–C) groups is 1. The summed E-state index contributed by atoms with van der Waals surface area (Å²) >= 11 is 0.